The van der Waals surface area contributed by atoms with Crippen LogP contribution in [-0.4, -0.2) is 61.8 Å². The van der Waals surface area contributed by atoms with Crippen molar-refractivity contribution in [3.63, 3.8) is 0 Å². The second-order valence-electron chi connectivity index (χ2n) is 7.36. The zero-order chi connectivity index (χ0) is 20.5. The van der Waals surface area contributed by atoms with Gasteiger partial charge in [-0.15, -0.1) is 0 Å². The highest BCUT2D eigenvalue weighted by Crippen LogP contribution is 2.24. The Labute approximate surface area is 167 Å². The van der Waals surface area contributed by atoms with Crippen molar-refractivity contribution >= 4 is 17.1 Å². The molecule has 2 N–H and O–H groups in total. The number of aliphatic hydroxyl groups excluding tert-OH is 1. The van der Waals surface area contributed by atoms with Gasteiger partial charge in [0, 0.05) is 33.2 Å². The highest BCUT2D eigenvalue weighted by molar-refractivity contribution is 5.74. The minimum Gasteiger partial charge on any atom is -0.387 e. The van der Waals surface area contributed by atoms with Gasteiger partial charge in [0.2, 0.25) is 5.95 Å². The summed E-state index contributed by atoms with van der Waals surface area (Å²) in [4.78, 5) is 36.2. The average molecular weight is 398 g/mol. The van der Waals surface area contributed by atoms with Crippen molar-refractivity contribution < 1.29 is 5.11 Å². The molecule has 2 aromatic heterocycles. The van der Waals surface area contributed by atoms with E-state index in [1.807, 2.05) is 30.3 Å². The number of H-pyrrole nitrogens is 1. The second kappa shape index (κ2) is 7.84. The number of aromatic nitrogens is 4. The maximum absolute atomic E-state index is 12.6. The van der Waals surface area contributed by atoms with Crippen LogP contribution in [0.3, 0.4) is 0 Å². The molecule has 29 heavy (non-hydrogen) atoms. The van der Waals surface area contributed by atoms with E-state index in [0.29, 0.717) is 17.1 Å². The fourth-order valence-corrected chi connectivity index (χ4v) is 3.86. The van der Waals surface area contributed by atoms with Crippen molar-refractivity contribution in [3.05, 3.63) is 56.7 Å². The lowest BCUT2D eigenvalue weighted by Gasteiger charge is -2.35. The smallest absolute Gasteiger partial charge is 0.329 e. The summed E-state index contributed by atoms with van der Waals surface area (Å²) in [5, 5.41) is 10.8. The van der Waals surface area contributed by atoms with Crippen LogP contribution < -0.4 is 16.1 Å². The lowest BCUT2D eigenvalue weighted by molar-refractivity contribution is 0.158. The summed E-state index contributed by atoms with van der Waals surface area (Å²) < 4.78 is 3.08. The number of rotatable bonds is 5. The number of aryl methyl sites for hydroxylation is 1. The summed E-state index contributed by atoms with van der Waals surface area (Å²) in [6, 6.07) is 9.33. The number of benzene rings is 1. The zero-order valence-electron chi connectivity index (χ0n) is 16.7. The van der Waals surface area contributed by atoms with Gasteiger partial charge >= 0.3 is 5.69 Å². The molecule has 0 aliphatic carbocycles. The number of hydrogen-bond acceptors (Lipinski definition) is 6. The molecule has 1 aliphatic heterocycles. The van der Waals surface area contributed by atoms with Gasteiger partial charge in [0.1, 0.15) is 0 Å². The number of fused-ring (bicyclic) bond motifs is 1. The number of nitrogens with one attached hydrogen (secondary N) is 1. The van der Waals surface area contributed by atoms with Crippen LogP contribution in [0.25, 0.3) is 11.2 Å². The van der Waals surface area contributed by atoms with Crippen LogP contribution in [-0.2, 0) is 13.6 Å². The molecular formula is C20H26N6O3. The summed E-state index contributed by atoms with van der Waals surface area (Å²) in [5.41, 5.74) is 0.395. The van der Waals surface area contributed by atoms with Crippen molar-refractivity contribution in [3.8, 4) is 0 Å². The topological polar surface area (TPSA) is 99.4 Å². The maximum atomic E-state index is 12.6. The van der Waals surface area contributed by atoms with Gasteiger partial charge in [0.05, 0.1) is 12.6 Å². The van der Waals surface area contributed by atoms with Crippen molar-refractivity contribution in [1.29, 1.82) is 0 Å². The van der Waals surface area contributed by atoms with Gasteiger partial charge in [-0.05, 0) is 12.1 Å². The van der Waals surface area contributed by atoms with E-state index in [4.69, 9.17) is 0 Å². The standard InChI is InChI=1S/C20H26N6O3/c1-3-24-9-11-25(12-10-24)19-21-17-16(18(28)22-20(29)23(17)2)26(19)13-15(27)14-7-5-4-6-8-14/h4-8,15,27H,3,9-13H2,1-2H3,(H,22,28,29). The Bertz CT molecular complexity index is 1110. The fraction of sp³-hybridized carbons (Fsp3) is 0.450. The van der Waals surface area contributed by atoms with Gasteiger partial charge in [0.15, 0.2) is 11.2 Å². The maximum Gasteiger partial charge on any atom is 0.329 e. The van der Waals surface area contributed by atoms with E-state index in [0.717, 1.165) is 38.3 Å². The van der Waals surface area contributed by atoms with E-state index in [9.17, 15) is 14.7 Å². The van der Waals surface area contributed by atoms with Crippen LogP contribution in [0.5, 0.6) is 0 Å². The summed E-state index contributed by atoms with van der Waals surface area (Å²) in [7, 11) is 1.59. The van der Waals surface area contributed by atoms with Crippen molar-refractivity contribution in [2.24, 2.45) is 7.05 Å². The molecular weight excluding hydrogens is 372 g/mol. The molecule has 9 nitrogen and oxygen atoms in total. The van der Waals surface area contributed by atoms with Crippen LogP contribution in [0.15, 0.2) is 39.9 Å². The normalized spacial score (nSPS) is 16.4. The van der Waals surface area contributed by atoms with Crippen LogP contribution in [0.1, 0.15) is 18.6 Å². The Morgan fingerprint density at radius 3 is 2.48 bits per heavy atom. The van der Waals surface area contributed by atoms with Gasteiger partial charge < -0.3 is 19.5 Å². The fourth-order valence-electron chi connectivity index (χ4n) is 3.86. The quantitative estimate of drug-likeness (QED) is 0.641. The van der Waals surface area contributed by atoms with Crippen molar-refractivity contribution in [1.82, 2.24) is 24.0 Å². The first-order valence-corrected chi connectivity index (χ1v) is 9.89. The molecule has 0 saturated carbocycles. The Balaban J connectivity index is 1.80. The number of aromatic amines is 1. The molecule has 1 saturated heterocycles. The average Bonchev–Trinajstić information content (AvgIpc) is 3.12. The Morgan fingerprint density at radius 1 is 1.14 bits per heavy atom. The van der Waals surface area contributed by atoms with Crippen molar-refractivity contribution in [2.75, 3.05) is 37.6 Å². The predicted octanol–water partition coefficient (Wildman–Crippen LogP) is 0.299. The SMILES string of the molecule is CCN1CCN(c2nc3c(c(=O)[nH]c(=O)n3C)n2CC(O)c2ccccc2)CC1. The predicted molar refractivity (Wildman–Crippen MR) is 111 cm³/mol. The number of imidazole rings is 1. The van der Waals surface area contributed by atoms with Crippen LogP contribution in [0, 0.1) is 0 Å². The van der Waals surface area contributed by atoms with E-state index >= 15 is 0 Å². The molecule has 0 bridgehead atoms. The Hall–Kier alpha value is -2.91. The third-order valence-electron chi connectivity index (χ3n) is 5.63. The van der Waals surface area contributed by atoms with Crippen molar-refractivity contribution in [2.45, 2.75) is 19.6 Å². The minimum atomic E-state index is -0.805. The third kappa shape index (κ3) is 3.58. The van der Waals surface area contributed by atoms with E-state index in [1.165, 1.54) is 4.57 Å². The van der Waals surface area contributed by atoms with Gasteiger partial charge in [-0.1, -0.05) is 37.3 Å². The first-order valence-electron chi connectivity index (χ1n) is 9.89. The number of nitrogens with zero attached hydrogens (tertiary/aromatic N) is 5. The lowest BCUT2D eigenvalue weighted by atomic mass is 10.1. The molecule has 1 aliphatic rings. The first kappa shape index (κ1) is 19.4. The van der Waals surface area contributed by atoms with Crippen LogP contribution in [0.4, 0.5) is 5.95 Å². The summed E-state index contributed by atoms with van der Waals surface area (Å²) in [6.07, 6.45) is -0.805. The third-order valence-corrected chi connectivity index (χ3v) is 5.63. The molecule has 0 spiro atoms. The molecule has 4 rings (SSSR count). The van der Waals surface area contributed by atoms with Gasteiger partial charge in [-0.3, -0.25) is 14.3 Å². The Kier molecular flexibility index (Phi) is 5.25. The lowest BCUT2D eigenvalue weighted by Crippen LogP contribution is -2.47. The molecule has 0 amide bonds. The van der Waals surface area contributed by atoms with Crippen LogP contribution >= 0.6 is 0 Å². The molecule has 154 valence electrons. The van der Waals surface area contributed by atoms with Crippen LogP contribution in [0.2, 0.25) is 0 Å². The van der Waals surface area contributed by atoms with E-state index in [-0.39, 0.29) is 6.54 Å². The van der Waals surface area contributed by atoms with E-state index in [1.54, 1.807) is 11.6 Å². The van der Waals surface area contributed by atoms with Gasteiger partial charge in [0.25, 0.3) is 5.56 Å². The second-order valence-corrected chi connectivity index (χ2v) is 7.36. The highest BCUT2D eigenvalue weighted by Gasteiger charge is 2.25. The molecule has 1 aromatic carbocycles. The number of aliphatic hydroxyl groups is 1. The Morgan fingerprint density at radius 2 is 1.83 bits per heavy atom. The highest BCUT2D eigenvalue weighted by atomic mass is 16.3. The molecule has 0 radical (unpaired) electrons. The molecule has 1 atom stereocenters. The first-order chi connectivity index (χ1) is 14.0. The minimum absolute atomic E-state index is 0.172. The monoisotopic (exact) mass is 398 g/mol. The molecule has 1 fully saturated rings. The number of anilines is 1. The summed E-state index contributed by atoms with van der Waals surface area (Å²) in [6.45, 7) is 6.63. The number of hydrogen-bond donors (Lipinski definition) is 2. The number of likely N-dealkylation sites (N-methyl/N-ethyl adjacent to an activating group) is 1. The molecule has 3 aromatic rings. The summed E-state index contributed by atoms with van der Waals surface area (Å²) >= 11 is 0. The van der Waals surface area contributed by atoms with Gasteiger partial charge in [-0.2, -0.15) is 4.98 Å². The molecule has 3 heterocycles. The van der Waals surface area contributed by atoms with Gasteiger partial charge in [-0.25, -0.2) is 4.79 Å². The van der Waals surface area contributed by atoms with E-state index < -0.39 is 17.4 Å². The molecule has 9 heteroatoms. The summed E-state index contributed by atoms with van der Waals surface area (Å²) in [5.74, 6) is 0.609. The largest absolute Gasteiger partial charge is 0.387 e. The molecule has 1 unspecified atom stereocenters. The van der Waals surface area contributed by atoms with E-state index in [2.05, 4.69) is 26.7 Å². The number of piperazine rings is 1. The zero-order valence-corrected chi connectivity index (χ0v) is 16.7.